The van der Waals surface area contributed by atoms with Crippen LogP contribution in [0.3, 0.4) is 0 Å². The molecule has 0 radical (unpaired) electrons. The summed E-state index contributed by atoms with van der Waals surface area (Å²) in [5.41, 5.74) is 1.49. The zero-order valence-electron chi connectivity index (χ0n) is 13.6. The van der Waals surface area contributed by atoms with Crippen molar-refractivity contribution in [1.29, 1.82) is 0 Å². The maximum Gasteiger partial charge on any atom is 0.437 e. The number of carbonyl (C=O) groups is 1. The smallest absolute Gasteiger partial charge is 0.387 e. The van der Waals surface area contributed by atoms with E-state index < -0.39 is 5.76 Å². The van der Waals surface area contributed by atoms with Gasteiger partial charge in [-0.2, -0.15) is 4.68 Å². The van der Waals surface area contributed by atoms with E-state index in [0.717, 1.165) is 15.8 Å². The van der Waals surface area contributed by atoms with Crippen molar-refractivity contribution in [1.82, 2.24) is 14.8 Å². The number of rotatable bonds is 5. The van der Waals surface area contributed by atoms with Crippen molar-refractivity contribution >= 4 is 33.8 Å². The molecule has 130 valence electrons. The molecular formula is C18H14N4O3S. The van der Waals surface area contributed by atoms with E-state index in [9.17, 15) is 9.59 Å². The van der Waals surface area contributed by atoms with Gasteiger partial charge in [-0.05, 0) is 35.7 Å². The van der Waals surface area contributed by atoms with Crippen LogP contribution in [0.2, 0.25) is 0 Å². The maximum atomic E-state index is 12.3. The van der Waals surface area contributed by atoms with E-state index in [1.54, 1.807) is 6.20 Å². The molecule has 0 fully saturated rings. The number of hydrogen-bond acceptors (Lipinski definition) is 6. The Balaban J connectivity index is 1.45. The summed E-state index contributed by atoms with van der Waals surface area (Å²) in [5, 5.41) is 9.74. The molecule has 3 aromatic heterocycles. The average molecular weight is 366 g/mol. The predicted molar refractivity (Wildman–Crippen MR) is 99.1 cm³/mol. The Kier molecular flexibility index (Phi) is 4.32. The van der Waals surface area contributed by atoms with Crippen molar-refractivity contribution in [2.24, 2.45) is 0 Å². The van der Waals surface area contributed by atoms with E-state index in [0.29, 0.717) is 5.69 Å². The number of aryl methyl sites for hydroxylation is 1. The van der Waals surface area contributed by atoms with Crippen molar-refractivity contribution in [3.05, 3.63) is 64.6 Å². The van der Waals surface area contributed by atoms with Crippen LogP contribution < -0.4 is 11.1 Å². The number of fused-ring (bicyclic) bond motifs is 1. The first-order valence-corrected chi connectivity index (χ1v) is 8.84. The van der Waals surface area contributed by atoms with Crippen LogP contribution >= 0.6 is 11.3 Å². The van der Waals surface area contributed by atoms with Gasteiger partial charge in [0, 0.05) is 18.0 Å². The Hall–Kier alpha value is -3.26. The lowest BCUT2D eigenvalue weighted by molar-refractivity contribution is -0.116. The molecule has 0 atom stereocenters. The standard InChI is InChI=1S/C18H14N4O3S/c23-16(20-14-6-1-5-13-12(14)4-2-9-19-13)8-10-22-18(24)25-17(21-22)15-7-3-11-26-15/h1-7,9,11H,8,10H2,(H,20,23). The highest BCUT2D eigenvalue weighted by atomic mass is 32.1. The molecular weight excluding hydrogens is 352 g/mol. The predicted octanol–water partition coefficient (Wildman–Crippen LogP) is 3.14. The Labute approximate surface area is 151 Å². The third kappa shape index (κ3) is 3.27. The molecule has 1 N–H and O–H groups in total. The molecule has 0 aliphatic heterocycles. The minimum absolute atomic E-state index is 0.104. The van der Waals surface area contributed by atoms with Crippen LogP contribution in [-0.4, -0.2) is 20.7 Å². The van der Waals surface area contributed by atoms with Gasteiger partial charge in [-0.1, -0.05) is 12.1 Å². The quantitative estimate of drug-likeness (QED) is 0.586. The summed E-state index contributed by atoms with van der Waals surface area (Å²) in [7, 11) is 0. The van der Waals surface area contributed by atoms with Crippen molar-refractivity contribution in [3.8, 4) is 10.8 Å². The molecule has 0 spiro atoms. The number of anilines is 1. The van der Waals surface area contributed by atoms with E-state index in [2.05, 4.69) is 15.4 Å². The highest BCUT2D eigenvalue weighted by Crippen LogP contribution is 2.22. The summed E-state index contributed by atoms with van der Waals surface area (Å²) in [5.74, 6) is -0.518. The molecule has 0 saturated heterocycles. The Morgan fingerprint density at radius 3 is 2.96 bits per heavy atom. The molecule has 0 bridgehead atoms. The number of hydrogen-bond donors (Lipinski definition) is 1. The Bertz CT molecular complexity index is 1110. The topological polar surface area (TPSA) is 90.0 Å². The molecule has 0 saturated carbocycles. The molecule has 26 heavy (non-hydrogen) atoms. The van der Waals surface area contributed by atoms with Crippen LogP contribution in [0.15, 0.2) is 63.3 Å². The third-order valence-electron chi connectivity index (χ3n) is 3.81. The lowest BCUT2D eigenvalue weighted by Gasteiger charge is -2.07. The number of carbonyl (C=O) groups excluding carboxylic acids is 1. The highest BCUT2D eigenvalue weighted by Gasteiger charge is 2.13. The fourth-order valence-electron chi connectivity index (χ4n) is 2.58. The molecule has 7 nitrogen and oxygen atoms in total. The van der Waals surface area contributed by atoms with Crippen LogP contribution in [0, 0.1) is 0 Å². The molecule has 8 heteroatoms. The summed E-state index contributed by atoms with van der Waals surface area (Å²) >= 11 is 1.43. The number of pyridine rings is 1. The molecule has 0 unspecified atom stereocenters. The summed E-state index contributed by atoms with van der Waals surface area (Å²) in [6, 6.07) is 12.9. The first kappa shape index (κ1) is 16.2. The van der Waals surface area contributed by atoms with E-state index in [1.165, 1.54) is 16.0 Å². The van der Waals surface area contributed by atoms with Crippen molar-refractivity contribution in [2.75, 3.05) is 5.32 Å². The van der Waals surface area contributed by atoms with Gasteiger partial charge >= 0.3 is 5.76 Å². The van der Waals surface area contributed by atoms with E-state index >= 15 is 0 Å². The minimum atomic E-state index is -0.574. The fourth-order valence-corrected chi connectivity index (χ4v) is 3.22. The zero-order valence-corrected chi connectivity index (χ0v) is 14.4. The average Bonchev–Trinajstić information content (AvgIpc) is 3.30. The van der Waals surface area contributed by atoms with Crippen molar-refractivity contribution in [3.63, 3.8) is 0 Å². The second-order valence-corrected chi connectivity index (χ2v) is 6.50. The number of thiophene rings is 1. The Morgan fingerprint density at radius 1 is 1.19 bits per heavy atom. The van der Waals surface area contributed by atoms with Gasteiger partial charge in [0.1, 0.15) is 0 Å². The normalized spacial score (nSPS) is 10.9. The second-order valence-electron chi connectivity index (χ2n) is 5.55. The Morgan fingerprint density at radius 2 is 2.12 bits per heavy atom. The van der Waals surface area contributed by atoms with Gasteiger partial charge in [0.25, 0.3) is 5.89 Å². The van der Waals surface area contributed by atoms with Crippen LogP contribution in [0.25, 0.3) is 21.7 Å². The van der Waals surface area contributed by atoms with Gasteiger partial charge in [0.15, 0.2) is 0 Å². The van der Waals surface area contributed by atoms with Crippen molar-refractivity contribution < 1.29 is 9.21 Å². The molecule has 4 aromatic rings. The summed E-state index contributed by atoms with van der Waals surface area (Å²) in [6.45, 7) is 0.141. The maximum absolute atomic E-state index is 12.3. The van der Waals surface area contributed by atoms with E-state index in [-0.39, 0.29) is 24.8 Å². The fraction of sp³-hybridized carbons (Fsp3) is 0.111. The molecule has 0 aliphatic carbocycles. The lowest BCUT2D eigenvalue weighted by Crippen LogP contribution is -2.21. The third-order valence-corrected chi connectivity index (χ3v) is 4.67. The first-order valence-electron chi connectivity index (χ1n) is 7.96. The van der Waals surface area contributed by atoms with E-state index in [4.69, 9.17) is 4.42 Å². The summed E-state index contributed by atoms with van der Waals surface area (Å²) in [6.07, 6.45) is 1.81. The number of nitrogens with one attached hydrogen (secondary N) is 1. The van der Waals surface area contributed by atoms with E-state index in [1.807, 2.05) is 47.8 Å². The summed E-state index contributed by atoms with van der Waals surface area (Å²) < 4.78 is 6.30. The summed E-state index contributed by atoms with van der Waals surface area (Å²) in [4.78, 5) is 29.2. The lowest BCUT2D eigenvalue weighted by atomic mass is 10.2. The molecule has 1 aromatic carbocycles. The number of amides is 1. The van der Waals surface area contributed by atoms with Crippen LogP contribution in [0.5, 0.6) is 0 Å². The van der Waals surface area contributed by atoms with Gasteiger partial charge in [-0.25, -0.2) is 4.79 Å². The van der Waals surface area contributed by atoms with Crippen LogP contribution in [0.1, 0.15) is 6.42 Å². The van der Waals surface area contributed by atoms with Crippen molar-refractivity contribution in [2.45, 2.75) is 13.0 Å². The van der Waals surface area contributed by atoms with Gasteiger partial charge in [-0.15, -0.1) is 16.4 Å². The zero-order chi connectivity index (χ0) is 17.9. The van der Waals surface area contributed by atoms with Crippen LogP contribution in [-0.2, 0) is 11.3 Å². The highest BCUT2D eigenvalue weighted by molar-refractivity contribution is 7.13. The number of aromatic nitrogens is 3. The van der Waals surface area contributed by atoms with Gasteiger partial charge < -0.3 is 9.73 Å². The first-order chi connectivity index (χ1) is 12.7. The van der Waals surface area contributed by atoms with Crippen LogP contribution in [0.4, 0.5) is 5.69 Å². The van der Waals surface area contributed by atoms with Gasteiger partial charge in [0.05, 0.1) is 22.6 Å². The second kappa shape index (κ2) is 6.93. The van der Waals surface area contributed by atoms with Gasteiger partial charge in [0.2, 0.25) is 5.91 Å². The molecule has 3 heterocycles. The number of benzene rings is 1. The largest absolute Gasteiger partial charge is 0.437 e. The number of nitrogens with zero attached hydrogens (tertiary/aromatic N) is 3. The minimum Gasteiger partial charge on any atom is -0.387 e. The SMILES string of the molecule is O=C(CCn1nc(-c2cccs2)oc1=O)Nc1cccc2ncccc12. The van der Waals surface area contributed by atoms with Gasteiger partial charge in [-0.3, -0.25) is 9.78 Å². The molecule has 1 amide bonds. The molecule has 0 aliphatic rings. The molecule has 4 rings (SSSR count). The monoisotopic (exact) mass is 366 g/mol.